The first-order valence-electron chi connectivity index (χ1n) is 5.86. The predicted molar refractivity (Wildman–Crippen MR) is 70.8 cm³/mol. The molecule has 0 radical (unpaired) electrons. The number of hydrogen-bond acceptors (Lipinski definition) is 4. The fourth-order valence-corrected chi connectivity index (χ4v) is 2.75. The van der Waals surface area contributed by atoms with Gasteiger partial charge in [-0.05, 0) is 18.1 Å². The molecule has 0 amide bonds. The molecular weight excluding hydrogens is 266 g/mol. The normalized spacial score (nSPS) is 11.9. The highest BCUT2D eigenvalue weighted by Crippen LogP contribution is 2.10. The molecule has 0 fully saturated rings. The van der Waals surface area contributed by atoms with E-state index in [2.05, 4.69) is 14.8 Å². The van der Waals surface area contributed by atoms with E-state index < -0.39 is 10.0 Å². The number of hydrogen-bond donors (Lipinski definition) is 3. The quantitative estimate of drug-likeness (QED) is 0.678. The molecule has 0 saturated carbocycles. The van der Waals surface area contributed by atoms with Gasteiger partial charge in [0.2, 0.25) is 10.0 Å². The zero-order valence-corrected chi connectivity index (χ0v) is 11.4. The number of rotatable bonds is 6. The second-order valence-electron chi connectivity index (χ2n) is 4.23. The van der Waals surface area contributed by atoms with Crippen molar-refractivity contribution in [1.29, 1.82) is 0 Å². The minimum atomic E-state index is -3.48. The van der Waals surface area contributed by atoms with Crippen LogP contribution in [0.4, 0.5) is 0 Å². The summed E-state index contributed by atoms with van der Waals surface area (Å²) in [7, 11) is -1.66. The van der Waals surface area contributed by atoms with Crippen LogP contribution in [0.1, 0.15) is 11.3 Å². The Morgan fingerprint density at radius 3 is 2.89 bits per heavy atom. The lowest BCUT2D eigenvalue weighted by Crippen LogP contribution is -2.25. The minimum Gasteiger partial charge on any atom is -0.363 e. The fraction of sp³-hybridized carbons (Fsp3) is 0.364. The van der Waals surface area contributed by atoms with Gasteiger partial charge < -0.3 is 10.7 Å². The van der Waals surface area contributed by atoms with E-state index in [1.54, 1.807) is 10.9 Å². The molecular formula is C11H17N5O2S. The Bertz CT molecular complexity index is 644. The molecule has 0 unspecified atom stereocenters. The first-order valence-corrected chi connectivity index (χ1v) is 7.34. The Kier molecular flexibility index (Phi) is 4.03. The lowest BCUT2D eigenvalue weighted by atomic mass is 10.3. The average Bonchev–Trinajstić information content (AvgIpc) is 2.98. The molecule has 4 N–H and O–H groups in total. The van der Waals surface area contributed by atoms with Crippen LogP contribution in [-0.2, 0) is 30.0 Å². The Hall–Kier alpha value is -1.64. The summed E-state index contributed by atoms with van der Waals surface area (Å²) in [5, 5.41) is 4.02. The first-order chi connectivity index (χ1) is 9.01. The third-order valence-corrected chi connectivity index (χ3v) is 4.15. The summed E-state index contributed by atoms with van der Waals surface area (Å²) in [6.07, 6.45) is 5.62. The van der Waals surface area contributed by atoms with E-state index in [-0.39, 0.29) is 11.4 Å². The number of nitrogens with one attached hydrogen (secondary N) is 2. The first kappa shape index (κ1) is 13.8. The third kappa shape index (κ3) is 3.43. The number of nitrogens with zero attached hydrogens (tertiary/aromatic N) is 2. The number of nitrogens with two attached hydrogens (primary N) is 1. The Labute approximate surface area is 111 Å². The van der Waals surface area contributed by atoms with Crippen molar-refractivity contribution in [1.82, 2.24) is 19.5 Å². The average molecular weight is 283 g/mol. The van der Waals surface area contributed by atoms with Crippen molar-refractivity contribution in [2.24, 2.45) is 12.8 Å². The predicted octanol–water partition coefficient (Wildman–Crippen LogP) is -0.272. The molecule has 0 atom stereocenters. The molecule has 7 nitrogen and oxygen atoms in total. The van der Waals surface area contributed by atoms with Crippen LogP contribution in [0.15, 0.2) is 29.6 Å². The van der Waals surface area contributed by atoms with Gasteiger partial charge >= 0.3 is 0 Å². The van der Waals surface area contributed by atoms with Gasteiger partial charge in [0, 0.05) is 38.2 Å². The fourth-order valence-electron chi connectivity index (χ4n) is 1.71. The molecule has 2 aromatic heterocycles. The second kappa shape index (κ2) is 5.55. The molecule has 104 valence electrons. The minimum absolute atomic E-state index is 0.208. The lowest BCUT2D eigenvalue weighted by molar-refractivity contribution is 0.582. The Balaban J connectivity index is 1.94. The summed E-state index contributed by atoms with van der Waals surface area (Å²) in [5.41, 5.74) is 7.10. The van der Waals surface area contributed by atoms with Crippen LogP contribution in [0.5, 0.6) is 0 Å². The van der Waals surface area contributed by atoms with Crippen LogP contribution in [0.2, 0.25) is 0 Å². The van der Waals surface area contributed by atoms with Crippen LogP contribution >= 0.6 is 0 Å². The van der Waals surface area contributed by atoms with E-state index in [4.69, 9.17) is 5.73 Å². The Morgan fingerprint density at radius 1 is 1.53 bits per heavy atom. The molecule has 2 aromatic rings. The van der Waals surface area contributed by atoms with Crippen LogP contribution in [0.25, 0.3) is 0 Å². The monoisotopic (exact) mass is 283 g/mol. The van der Waals surface area contributed by atoms with E-state index in [9.17, 15) is 8.42 Å². The summed E-state index contributed by atoms with van der Waals surface area (Å²) in [6, 6.07) is 1.53. The number of sulfonamides is 1. The van der Waals surface area contributed by atoms with Crippen LogP contribution in [0.3, 0.4) is 0 Å². The molecule has 2 rings (SSSR count). The number of aromatic amines is 1. The molecule has 0 aliphatic heterocycles. The smallest absolute Gasteiger partial charge is 0.242 e. The van der Waals surface area contributed by atoms with Crippen molar-refractivity contribution in [3.8, 4) is 0 Å². The summed E-state index contributed by atoms with van der Waals surface area (Å²) in [4.78, 5) is 3.02. The largest absolute Gasteiger partial charge is 0.363 e. The van der Waals surface area contributed by atoms with Gasteiger partial charge in [-0.1, -0.05) is 0 Å². The van der Waals surface area contributed by atoms with Crippen molar-refractivity contribution < 1.29 is 8.42 Å². The summed E-state index contributed by atoms with van der Waals surface area (Å²) in [5.74, 6) is 0. The van der Waals surface area contributed by atoms with E-state index in [1.807, 2.05) is 13.2 Å². The Morgan fingerprint density at radius 2 is 2.32 bits per heavy atom. The topological polar surface area (TPSA) is 106 Å². The van der Waals surface area contributed by atoms with E-state index in [0.717, 1.165) is 5.56 Å². The van der Waals surface area contributed by atoms with Gasteiger partial charge in [-0.2, -0.15) is 5.10 Å². The van der Waals surface area contributed by atoms with Gasteiger partial charge in [0.15, 0.2) is 0 Å². The van der Waals surface area contributed by atoms with Crippen molar-refractivity contribution in [2.45, 2.75) is 17.9 Å². The van der Waals surface area contributed by atoms with Gasteiger partial charge in [0.05, 0.1) is 11.1 Å². The molecule has 0 aliphatic rings. The molecule has 0 bridgehead atoms. The zero-order valence-electron chi connectivity index (χ0n) is 10.6. The summed E-state index contributed by atoms with van der Waals surface area (Å²) in [6.45, 7) is 0.613. The number of aryl methyl sites for hydroxylation is 1. The van der Waals surface area contributed by atoms with Crippen molar-refractivity contribution in [2.75, 3.05) is 6.54 Å². The molecule has 2 heterocycles. The molecule has 0 aliphatic carbocycles. The standard InChI is InChI=1S/C11H17N5O2S/c1-16-8-9(6-14-16)2-3-15-19(17,18)11-4-10(5-12)13-7-11/h4,6-8,13,15H,2-3,5,12H2,1H3. The molecule has 0 saturated heterocycles. The number of H-pyrrole nitrogens is 1. The van der Waals surface area contributed by atoms with E-state index in [1.165, 1.54) is 12.3 Å². The zero-order chi connectivity index (χ0) is 13.9. The highest BCUT2D eigenvalue weighted by atomic mass is 32.2. The molecule has 0 aromatic carbocycles. The second-order valence-corrected chi connectivity index (χ2v) is 6.00. The maximum Gasteiger partial charge on any atom is 0.242 e. The highest BCUT2D eigenvalue weighted by molar-refractivity contribution is 7.89. The van der Waals surface area contributed by atoms with Crippen LogP contribution < -0.4 is 10.5 Å². The van der Waals surface area contributed by atoms with Gasteiger partial charge in [-0.15, -0.1) is 0 Å². The highest BCUT2D eigenvalue weighted by Gasteiger charge is 2.15. The summed E-state index contributed by atoms with van der Waals surface area (Å²) >= 11 is 0. The van der Waals surface area contributed by atoms with Gasteiger partial charge in [-0.3, -0.25) is 4.68 Å². The number of aromatic nitrogens is 3. The maximum atomic E-state index is 12.0. The van der Waals surface area contributed by atoms with Gasteiger partial charge in [0.25, 0.3) is 0 Å². The van der Waals surface area contributed by atoms with Crippen molar-refractivity contribution in [3.05, 3.63) is 35.9 Å². The van der Waals surface area contributed by atoms with Crippen molar-refractivity contribution in [3.63, 3.8) is 0 Å². The molecule has 8 heteroatoms. The maximum absolute atomic E-state index is 12.0. The third-order valence-electron chi connectivity index (χ3n) is 2.71. The lowest BCUT2D eigenvalue weighted by Gasteiger charge is -2.03. The van der Waals surface area contributed by atoms with Crippen LogP contribution in [0, 0.1) is 0 Å². The van der Waals surface area contributed by atoms with E-state index >= 15 is 0 Å². The summed E-state index contributed by atoms with van der Waals surface area (Å²) < 4.78 is 28.2. The molecule has 19 heavy (non-hydrogen) atoms. The van der Waals surface area contributed by atoms with E-state index in [0.29, 0.717) is 18.7 Å². The van der Waals surface area contributed by atoms with Gasteiger partial charge in [0.1, 0.15) is 0 Å². The van der Waals surface area contributed by atoms with Gasteiger partial charge in [-0.25, -0.2) is 13.1 Å². The van der Waals surface area contributed by atoms with Crippen LogP contribution in [-0.4, -0.2) is 29.7 Å². The molecule has 0 spiro atoms. The SMILES string of the molecule is Cn1cc(CCNS(=O)(=O)c2c[nH]c(CN)c2)cn1. The van der Waals surface area contributed by atoms with Crippen molar-refractivity contribution >= 4 is 10.0 Å².